The van der Waals surface area contributed by atoms with Crippen LogP contribution in [0.4, 0.5) is 4.79 Å². The molecule has 6 nitrogen and oxygen atoms in total. The Morgan fingerprint density at radius 3 is 1.95 bits per heavy atom. The maximum Gasteiger partial charge on any atom is 0.407 e. The van der Waals surface area contributed by atoms with Crippen molar-refractivity contribution in [1.29, 1.82) is 0 Å². The first kappa shape index (κ1) is 19.5. The Bertz CT molecular complexity index is 245. The summed E-state index contributed by atoms with van der Waals surface area (Å²) in [6.45, 7) is 9.06. The normalized spacial score (nSPS) is 11.4. The monoisotopic (exact) mass is 309 g/mol. The number of hydrogen-bond donors (Lipinski definition) is 2. The molecule has 1 N–H and O–H groups in total. The van der Waals surface area contributed by atoms with Crippen LogP contribution in [0.2, 0.25) is 0 Å². The fourth-order valence-electron chi connectivity index (χ4n) is 1.15. The van der Waals surface area contributed by atoms with Crippen molar-refractivity contribution in [3.8, 4) is 0 Å². The minimum atomic E-state index is -0.478. The van der Waals surface area contributed by atoms with Crippen molar-refractivity contribution in [3.63, 3.8) is 0 Å². The molecule has 0 bridgehead atoms. The van der Waals surface area contributed by atoms with Crippen LogP contribution in [-0.4, -0.2) is 63.6 Å². The highest BCUT2D eigenvalue weighted by Gasteiger charge is 2.15. The third-order valence-electron chi connectivity index (χ3n) is 1.89. The van der Waals surface area contributed by atoms with Gasteiger partial charge in [-0.05, 0) is 20.8 Å². The summed E-state index contributed by atoms with van der Waals surface area (Å²) in [6.07, 6.45) is -0.432. The van der Waals surface area contributed by atoms with E-state index in [1.165, 1.54) is 0 Å². The molecule has 0 radical (unpaired) electrons. The number of alkyl carbamates (subject to hydrolysis) is 1. The smallest absolute Gasteiger partial charge is 0.407 e. The lowest BCUT2D eigenvalue weighted by atomic mass is 10.2. The molecule has 0 saturated carbocycles. The van der Waals surface area contributed by atoms with Gasteiger partial charge in [-0.2, -0.15) is 12.6 Å². The van der Waals surface area contributed by atoms with Crippen LogP contribution in [0.15, 0.2) is 0 Å². The summed E-state index contributed by atoms with van der Waals surface area (Å²) in [7, 11) is 0. The van der Waals surface area contributed by atoms with Gasteiger partial charge in [0.05, 0.1) is 39.6 Å². The largest absolute Gasteiger partial charge is 0.444 e. The lowest BCUT2D eigenvalue weighted by Gasteiger charge is -2.19. The minimum Gasteiger partial charge on any atom is -0.444 e. The first-order chi connectivity index (χ1) is 9.45. The van der Waals surface area contributed by atoms with Crippen LogP contribution in [0.1, 0.15) is 20.8 Å². The Kier molecular flexibility index (Phi) is 12.0. The maximum atomic E-state index is 11.3. The zero-order chi connectivity index (χ0) is 15.3. The topological polar surface area (TPSA) is 66.0 Å². The SMILES string of the molecule is CC(C)(C)OC(=O)NCCOCCOCCOCCS. The van der Waals surface area contributed by atoms with Gasteiger partial charge in [-0.1, -0.05) is 0 Å². The molecule has 1 amide bonds. The van der Waals surface area contributed by atoms with Crippen LogP contribution in [0.25, 0.3) is 0 Å². The van der Waals surface area contributed by atoms with Crippen LogP contribution < -0.4 is 5.32 Å². The number of amides is 1. The van der Waals surface area contributed by atoms with Gasteiger partial charge in [-0.3, -0.25) is 0 Å². The fraction of sp³-hybridized carbons (Fsp3) is 0.923. The van der Waals surface area contributed by atoms with Gasteiger partial charge in [0.15, 0.2) is 0 Å². The standard InChI is InChI=1S/C13H27NO5S/c1-13(2,3)19-12(15)14-4-5-16-6-7-17-8-9-18-10-11-20/h20H,4-11H2,1-3H3,(H,14,15). The molecule has 0 spiro atoms. The highest BCUT2D eigenvalue weighted by Crippen LogP contribution is 2.05. The highest BCUT2D eigenvalue weighted by atomic mass is 32.1. The van der Waals surface area contributed by atoms with Gasteiger partial charge in [0.25, 0.3) is 0 Å². The third kappa shape index (κ3) is 15.6. The second-order valence-electron chi connectivity index (χ2n) is 4.99. The summed E-state index contributed by atoms with van der Waals surface area (Å²) in [5, 5.41) is 2.61. The molecular weight excluding hydrogens is 282 g/mol. The van der Waals surface area contributed by atoms with Gasteiger partial charge in [0, 0.05) is 12.3 Å². The van der Waals surface area contributed by atoms with Gasteiger partial charge in [0.1, 0.15) is 5.60 Å². The van der Waals surface area contributed by atoms with Crippen LogP contribution in [0.3, 0.4) is 0 Å². The zero-order valence-corrected chi connectivity index (χ0v) is 13.5. The van der Waals surface area contributed by atoms with Crippen LogP contribution in [0, 0.1) is 0 Å². The lowest BCUT2D eigenvalue weighted by molar-refractivity contribution is 0.0167. The van der Waals surface area contributed by atoms with E-state index in [4.69, 9.17) is 18.9 Å². The van der Waals surface area contributed by atoms with Crippen molar-refractivity contribution in [2.24, 2.45) is 0 Å². The Morgan fingerprint density at radius 2 is 1.45 bits per heavy atom. The molecule has 0 atom stereocenters. The van der Waals surface area contributed by atoms with Gasteiger partial charge in [-0.25, -0.2) is 4.79 Å². The Labute approximate surface area is 126 Å². The van der Waals surface area contributed by atoms with E-state index < -0.39 is 11.7 Å². The van der Waals surface area contributed by atoms with Crippen molar-refractivity contribution in [3.05, 3.63) is 0 Å². The van der Waals surface area contributed by atoms with Crippen LogP contribution in [0.5, 0.6) is 0 Å². The Hall–Kier alpha value is -0.500. The highest BCUT2D eigenvalue weighted by molar-refractivity contribution is 7.80. The molecule has 0 fully saturated rings. The summed E-state index contributed by atoms with van der Waals surface area (Å²) in [5.41, 5.74) is -0.478. The van der Waals surface area contributed by atoms with Gasteiger partial charge < -0.3 is 24.3 Å². The molecule has 0 aliphatic heterocycles. The van der Waals surface area contributed by atoms with E-state index in [0.29, 0.717) is 51.9 Å². The average Bonchev–Trinajstić information content (AvgIpc) is 2.34. The second-order valence-corrected chi connectivity index (χ2v) is 5.44. The molecule has 0 aromatic heterocycles. The van der Waals surface area contributed by atoms with Crippen molar-refractivity contribution < 1.29 is 23.7 Å². The quantitative estimate of drug-likeness (QED) is 0.447. The van der Waals surface area contributed by atoms with Crippen molar-refractivity contribution >= 4 is 18.7 Å². The van der Waals surface area contributed by atoms with Crippen LogP contribution in [-0.2, 0) is 18.9 Å². The number of carbonyl (C=O) groups is 1. The molecule has 120 valence electrons. The minimum absolute atomic E-state index is 0.417. The molecular formula is C13H27NO5S. The van der Waals surface area contributed by atoms with E-state index in [9.17, 15) is 4.79 Å². The predicted octanol–water partition coefficient (Wildman–Crippen LogP) is 1.49. The maximum absolute atomic E-state index is 11.3. The van der Waals surface area contributed by atoms with Crippen molar-refractivity contribution in [2.75, 3.05) is 51.9 Å². The summed E-state index contributed by atoms with van der Waals surface area (Å²) < 4.78 is 20.9. The number of nitrogens with one attached hydrogen (secondary N) is 1. The lowest BCUT2D eigenvalue weighted by Crippen LogP contribution is -2.34. The second kappa shape index (κ2) is 12.3. The molecule has 0 unspecified atom stereocenters. The molecule has 0 heterocycles. The molecule has 7 heteroatoms. The van der Waals surface area contributed by atoms with E-state index in [-0.39, 0.29) is 0 Å². The molecule has 0 saturated heterocycles. The molecule has 0 aromatic carbocycles. The third-order valence-corrected chi connectivity index (χ3v) is 2.08. The summed E-state index contributed by atoms with van der Waals surface area (Å²) in [5.74, 6) is 0.716. The van der Waals surface area contributed by atoms with E-state index in [1.807, 2.05) is 20.8 Å². The molecule has 0 aliphatic rings. The summed E-state index contributed by atoms with van der Waals surface area (Å²) >= 11 is 4.02. The van der Waals surface area contributed by atoms with Gasteiger partial charge in [0.2, 0.25) is 0 Å². The number of hydrogen-bond acceptors (Lipinski definition) is 6. The first-order valence-electron chi connectivity index (χ1n) is 6.76. The molecule has 0 aliphatic carbocycles. The van der Waals surface area contributed by atoms with Crippen molar-refractivity contribution in [2.45, 2.75) is 26.4 Å². The van der Waals surface area contributed by atoms with E-state index in [1.54, 1.807) is 0 Å². The van der Waals surface area contributed by atoms with Gasteiger partial charge >= 0.3 is 6.09 Å². The van der Waals surface area contributed by atoms with E-state index in [2.05, 4.69) is 17.9 Å². The summed E-state index contributed by atoms with van der Waals surface area (Å²) in [4.78, 5) is 11.3. The number of rotatable bonds is 11. The number of ether oxygens (including phenoxy) is 4. The van der Waals surface area contributed by atoms with Crippen LogP contribution >= 0.6 is 12.6 Å². The number of carbonyl (C=O) groups excluding carboxylic acids is 1. The number of thiol groups is 1. The Morgan fingerprint density at radius 1 is 0.950 bits per heavy atom. The Balaban J connectivity index is 3.19. The predicted molar refractivity (Wildman–Crippen MR) is 80.5 cm³/mol. The van der Waals surface area contributed by atoms with Gasteiger partial charge in [-0.15, -0.1) is 0 Å². The average molecular weight is 309 g/mol. The van der Waals surface area contributed by atoms with E-state index in [0.717, 1.165) is 0 Å². The first-order valence-corrected chi connectivity index (χ1v) is 7.40. The molecule has 0 rings (SSSR count). The molecule has 20 heavy (non-hydrogen) atoms. The van der Waals surface area contributed by atoms with E-state index >= 15 is 0 Å². The fourth-order valence-corrected chi connectivity index (χ4v) is 1.27. The molecule has 0 aromatic rings. The van der Waals surface area contributed by atoms with Crippen molar-refractivity contribution in [1.82, 2.24) is 5.32 Å². The summed E-state index contributed by atoms with van der Waals surface area (Å²) in [6, 6.07) is 0. The zero-order valence-electron chi connectivity index (χ0n) is 12.6.